The lowest BCUT2D eigenvalue weighted by Gasteiger charge is -2.32. The Labute approximate surface area is 132 Å². The largest absolute Gasteiger partial charge is 0.327 e. The Morgan fingerprint density at radius 1 is 1.25 bits per heavy atom. The van der Waals surface area contributed by atoms with Crippen LogP contribution in [-0.2, 0) is 6.42 Å². The van der Waals surface area contributed by atoms with Crippen LogP contribution < -0.4 is 5.73 Å². The van der Waals surface area contributed by atoms with Gasteiger partial charge in [0.2, 0.25) is 0 Å². The summed E-state index contributed by atoms with van der Waals surface area (Å²) in [5, 5.41) is 0. The molecule has 0 radical (unpaired) electrons. The molecule has 2 rings (SSSR count). The fourth-order valence-electron chi connectivity index (χ4n) is 3.50. The minimum atomic E-state index is 0.330. The molecule has 1 aromatic rings. The van der Waals surface area contributed by atoms with Crippen LogP contribution in [0.4, 0.5) is 0 Å². The van der Waals surface area contributed by atoms with Crippen molar-refractivity contribution in [2.75, 3.05) is 0 Å². The molecule has 0 heterocycles. The van der Waals surface area contributed by atoms with Gasteiger partial charge in [-0.1, -0.05) is 67.1 Å². The van der Waals surface area contributed by atoms with Gasteiger partial charge in [0.1, 0.15) is 0 Å². The molecule has 1 aliphatic carbocycles. The van der Waals surface area contributed by atoms with Crippen molar-refractivity contribution in [3.05, 3.63) is 34.3 Å². The van der Waals surface area contributed by atoms with Crippen LogP contribution in [0.15, 0.2) is 28.7 Å². The maximum Gasteiger partial charge on any atom is 0.0178 e. The van der Waals surface area contributed by atoms with Gasteiger partial charge in [0.15, 0.2) is 0 Å². The molecule has 112 valence electrons. The molecule has 1 unspecified atom stereocenters. The topological polar surface area (TPSA) is 26.0 Å². The van der Waals surface area contributed by atoms with Crippen LogP contribution in [0.3, 0.4) is 0 Å². The summed E-state index contributed by atoms with van der Waals surface area (Å²) in [5.41, 5.74) is 7.82. The third kappa shape index (κ3) is 4.89. The van der Waals surface area contributed by atoms with Gasteiger partial charge >= 0.3 is 0 Å². The highest BCUT2D eigenvalue weighted by atomic mass is 79.9. The van der Waals surface area contributed by atoms with E-state index in [1.807, 2.05) is 0 Å². The Bertz CT molecular complexity index is 396. The van der Waals surface area contributed by atoms with Gasteiger partial charge in [0.25, 0.3) is 0 Å². The maximum atomic E-state index is 6.46. The van der Waals surface area contributed by atoms with Crippen LogP contribution in [0, 0.1) is 11.8 Å². The van der Waals surface area contributed by atoms with Crippen LogP contribution in [0.1, 0.15) is 57.4 Å². The van der Waals surface area contributed by atoms with Crippen LogP contribution in [0.5, 0.6) is 0 Å². The predicted octanol–water partition coefficient (Wildman–Crippen LogP) is 5.32. The SMILES string of the molecule is CCCCC1CCC(C(N)Cc2cccc(Br)c2)CC1. The maximum absolute atomic E-state index is 6.46. The van der Waals surface area contributed by atoms with E-state index < -0.39 is 0 Å². The first-order chi connectivity index (χ1) is 9.69. The highest BCUT2D eigenvalue weighted by molar-refractivity contribution is 9.10. The molecule has 2 N–H and O–H groups in total. The normalized spacial score (nSPS) is 24.6. The molecule has 1 aliphatic rings. The summed E-state index contributed by atoms with van der Waals surface area (Å²) in [6.45, 7) is 2.29. The first kappa shape index (κ1) is 16.0. The van der Waals surface area contributed by atoms with Crippen molar-refractivity contribution in [2.45, 2.75) is 64.3 Å². The fourth-order valence-corrected chi connectivity index (χ4v) is 3.95. The van der Waals surface area contributed by atoms with Crippen LogP contribution in [0.2, 0.25) is 0 Å². The number of benzene rings is 1. The van der Waals surface area contributed by atoms with E-state index in [0.29, 0.717) is 6.04 Å². The average molecular weight is 338 g/mol. The molecule has 1 fully saturated rings. The molecular formula is C18H28BrN. The third-order valence-electron chi connectivity index (χ3n) is 4.82. The Morgan fingerprint density at radius 2 is 2.00 bits per heavy atom. The Morgan fingerprint density at radius 3 is 2.65 bits per heavy atom. The number of hydrogen-bond acceptors (Lipinski definition) is 1. The summed E-state index contributed by atoms with van der Waals surface area (Å²) >= 11 is 3.54. The quantitative estimate of drug-likeness (QED) is 0.747. The molecule has 1 nitrogen and oxygen atoms in total. The summed E-state index contributed by atoms with van der Waals surface area (Å²) in [4.78, 5) is 0. The molecular weight excluding hydrogens is 310 g/mol. The van der Waals surface area contributed by atoms with Gasteiger partial charge in [-0.25, -0.2) is 0 Å². The fraction of sp³-hybridized carbons (Fsp3) is 0.667. The number of halogens is 1. The summed E-state index contributed by atoms with van der Waals surface area (Å²) in [7, 11) is 0. The standard InChI is InChI=1S/C18H28BrN/c1-2-3-5-14-8-10-16(11-9-14)18(20)13-15-6-4-7-17(19)12-15/h4,6-7,12,14,16,18H,2-3,5,8-11,13,20H2,1H3. The van der Waals surface area contributed by atoms with Crippen molar-refractivity contribution in [2.24, 2.45) is 17.6 Å². The van der Waals surface area contributed by atoms with E-state index in [-0.39, 0.29) is 0 Å². The van der Waals surface area contributed by atoms with E-state index in [0.717, 1.165) is 22.7 Å². The smallest absolute Gasteiger partial charge is 0.0178 e. The van der Waals surface area contributed by atoms with E-state index in [1.54, 1.807) is 0 Å². The van der Waals surface area contributed by atoms with Gasteiger partial charge in [0.05, 0.1) is 0 Å². The average Bonchev–Trinajstić information content (AvgIpc) is 2.45. The minimum absolute atomic E-state index is 0.330. The second-order valence-electron chi connectivity index (χ2n) is 6.42. The van der Waals surface area contributed by atoms with Crippen LogP contribution >= 0.6 is 15.9 Å². The van der Waals surface area contributed by atoms with Gasteiger partial charge in [-0.3, -0.25) is 0 Å². The first-order valence-corrected chi connectivity index (χ1v) is 8.98. The molecule has 2 heteroatoms. The summed E-state index contributed by atoms with van der Waals surface area (Å²) in [5.74, 6) is 1.70. The predicted molar refractivity (Wildman–Crippen MR) is 90.8 cm³/mol. The molecule has 0 bridgehead atoms. The van der Waals surface area contributed by atoms with E-state index in [4.69, 9.17) is 5.73 Å². The van der Waals surface area contributed by atoms with Crippen molar-refractivity contribution in [3.63, 3.8) is 0 Å². The van der Waals surface area contributed by atoms with E-state index in [1.165, 1.54) is 50.5 Å². The molecule has 0 spiro atoms. The monoisotopic (exact) mass is 337 g/mol. The number of rotatable bonds is 6. The minimum Gasteiger partial charge on any atom is -0.327 e. The van der Waals surface area contributed by atoms with Crippen molar-refractivity contribution >= 4 is 15.9 Å². The van der Waals surface area contributed by atoms with E-state index in [2.05, 4.69) is 47.1 Å². The zero-order valence-corrected chi connectivity index (χ0v) is 14.2. The van der Waals surface area contributed by atoms with Gasteiger partial charge in [-0.05, 0) is 48.8 Å². The second-order valence-corrected chi connectivity index (χ2v) is 7.34. The summed E-state index contributed by atoms with van der Waals surface area (Å²) < 4.78 is 1.16. The first-order valence-electron chi connectivity index (χ1n) is 8.19. The van der Waals surface area contributed by atoms with Gasteiger partial charge in [0, 0.05) is 10.5 Å². The zero-order valence-electron chi connectivity index (χ0n) is 12.7. The van der Waals surface area contributed by atoms with Crippen molar-refractivity contribution in [3.8, 4) is 0 Å². The molecule has 20 heavy (non-hydrogen) atoms. The molecule has 1 aromatic carbocycles. The van der Waals surface area contributed by atoms with Crippen molar-refractivity contribution in [1.29, 1.82) is 0 Å². The molecule has 0 aromatic heterocycles. The lowest BCUT2D eigenvalue weighted by molar-refractivity contribution is 0.231. The van der Waals surface area contributed by atoms with Crippen molar-refractivity contribution < 1.29 is 0 Å². The Kier molecular flexibility index (Phi) is 6.57. The van der Waals surface area contributed by atoms with Crippen LogP contribution in [0.25, 0.3) is 0 Å². The Balaban J connectivity index is 1.78. The molecule has 0 aliphatic heterocycles. The molecule has 1 atom stereocenters. The van der Waals surface area contributed by atoms with Gasteiger partial charge in [-0.15, -0.1) is 0 Å². The third-order valence-corrected chi connectivity index (χ3v) is 5.32. The molecule has 0 saturated heterocycles. The molecule has 0 amide bonds. The number of nitrogens with two attached hydrogens (primary N) is 1. The zero-order chi connectivity index (χ0) is 14.4. The van der Waals surface area contributed by atoms with Gasteiger partial charge < -0.3 is 5.73 Å². The van der Waals surface area contributed by atoms with Gasteiger partial charge in [-0.2, -0.15) is 0 Å². The second kappa shape index (κ2) is 8.19. The highest BCUT2D eigenvalue weighted by Gasteiger charge is 2.25. The Hall–Kier alpha value is -0.340. The lowest BCUT2D eigenvalue weighted by Crippen LogP contribution is -2.34. The van der Waals surface area contributed by atoms with Crippen molar-refractivity contribution in [1.82, 2.24) is 0 Å². The highest BCUT2D eigenvalue weighted by Crippen LogP contribution is 2.33. The number of unbranched alkanes of at least 4 members (excludes halogenated alkanes) is 1. The lowest BCUT2D eigenvalue weighted by atomic mass is 9.76. The van der Waals surface area contributed by atoms with E-state index in [9.17, 15) is 0 Å². The van der Waals surface area contributed by atoms with Crippen LogP contribution in [-0.4, -0.2) is 6.04 Å². The summed E-state index contributed by atoms with van der Waals surface area (Å²) in [6, 6.07) is 8.91. The summed E-state index contributed by atoms with van der Waals surface area (Å²) in [6.07, 6.45) is 10.7. The number of hydrogen-bond donors (Lipinski definition) is 1. The molecule has 1 saturated carbocycles. The van der Waals surface area contributed by atoms with E-state index >= 15 is 0 Å².